The summed E-state index contributed by atoms with van der Waals surface area (Å²) < 4.78 is 16.7. The summed E-state index contributed by atoms with van der Waals surface area (Å²) in [5.74, 6) is 1.34. The van der Waals surface area contributed by atoms with Gasteiger partial charge < -0.3 is 14.2 Å². The van der Waals surface area contributed by atoms with Crippen LogP contribution in [0.4, 0.5) is 16.0 Å². The number of fused-ring (bicyclic) bond motifs is 1. The van der Waals surface area contributed by atoms with Crippen LogP contribution in [0, 0.1) is 5.82 Å². The summed E-state index contributed by atoms with van der Waals surface area (Å²) in [7, 11) is 0. The molecule has 1 saturated heterocycles. The summed E-state index contributed by atoms with van der Waals surface area (Å²) in [5, 5.41) is 0. The van der Waals surface area contributed by atoms with E-state index in [1.54, 1.807) is 12.4 Å². The molecular weight excluding hydrogens is 321 g/mol. The standard InChI is InChI=1S/C17H18FN7/c18-13-14(12-1-2-12)21-11-22-15(13)24-7-9-25(10-8-24)17-16-19-3-5-23(16)6-4-20-17/h3-6,11-12H,1-2,7-10H2. The molecule has 0 radical (unpaired) electrons. The molecule has 4 heterocycles. The number of nitrogens with zero attached hydrogens (tertiary/aromatic N) is 7. The monoisotopic (exact) mass is 339 g/mol. The van der Waals surface area contributed by atoms with Crippen LogP contribution in [-0.2, 0) is 0 Å². The van der Waals surface area contributed by atoms with Crippen LogP contribution >= 0.6 is 0 Å². The van der Waals surface area contributed by atoms with Crippen molar-refractivity contribution >= 4 is 17.3 Å². The van der Waals surface area contributed by atoms with Crippen molar-refractivity contribution in [1.29, 1.82) is 0 Å². The van der Waals surface area contributed by atoms with E-state index in [1.165, 1.54) is 6.33 Å². The lowest BCUT2D eigenvalue weighted by molar-refractivity contribution is 0.566. The van der Waals surface area contributed by atoms with Crippen molar-refractivity contribution in [2.45, 2.75) is 18.8 Å². The normalized spacial score (nSPS) is 18.1. The Balaban J connectivity index is 1.36. The molecule has 0 aromatic carbocycles. The van der Waals surface area contributed by atoms with Crippen LogP contribution in [0.25, 0.3) is 5.65 Å². The van der Waals surface area contributed by atoms with E-state index in [0.29, 0.717) is 24.6 Å². The number of imidazole rings is 1. The predicted molar refractivity (Wildman–Crippen MR) is 91.4 cm³/mol. The predicted octanol–water partition coefficient (Wildman–Crippen LogP) is 1.86. The lowest BCUT2D eigenvalue weighted by Gasteiger charge is -2.36. The zero-order valence-electron chi connectivity index (χ0n) is 13.7. The second-order valence-corrected chi connectivity index (χ2v) is 6.55. The fraction of sp³-hybridized carbons (Fsp3) is 0.412. The van der Waals surface area contributed by atoms with E-state index in [0.717, 1.165) is 37.4 Å². The molecule has 0 atom stereocenters. The quantitative estimate of drug-likeness (QED) is 0.726. The van der Waals surface area contributed by atoms with Gasteiger partial charge in [-0.05, 0) is 12.8 Å². The van der Waals surface area contributed by atoms with Gasteiger partial charge in [0.2, 0.25) is 0 Å². The summed E-state index contributed by atoms with van der Waals surface area (Å²) >= 11 is 0. The van der Waals surface area contributed by atoms with E-state index in [2.05, 4.69) is 24.8 Å². The van der Waals surface area contributed by atoms with Crippen molar-refractivity contribution in [2.24, 2.45) is 0 Å². The highest BCUT2D eigenvalue weighted by Gasteiger charge is 2.31. The highest BCUT2D eigenvalue weighted by atomic mass is 19.1. The Morgan fingerprint density at radius 3 is 2.24 bits per heavy atom. The molecule has 8 heteroatoms. The molecule has 7 nitrogen and oxygen atoms in total. The van der Waals surface area contributed by atoms with Crippen molar-refractivity contribution in [3.05, 3.63) is 42.6 Å². The van der Waals surface area contributed by atoms with Crippen molar-refractivity contribution in [3.8, 4) is 0 Å². The Morgan fingerprint density at radius 1 is 0.840 bits per heavy atom. The van der Waals surface area contributed by atoms with E-state index >= 15 is 0 Å². The fourth-order valence-corrected chi connectivity index (χ4v) is 3.43. The molecular formula is C17H18FN7. The molecule has 25 heavy (non-hydrogen) atoms. The average molecular weight is 339 g/mol. The number of hydrogen-bond donors (Lipinski definition) is 0. The lowest BCUT2D eigenvalue weighted by Crippen LogP contribution is -2.47. The summed E-state index contributed by atoms with van der Waals surface area (Å²) in [5.41, 5.74) is 1.43. The van der Waals surface area contributed by atoms with Crippen molar-refractivity contribution in [2.75, 3.05) is 36.0 Å². The molecule has 0 N–H and O–H groups in total. The van der Waals surface area contributed by atoms with Gasteiger partial charge in [-0.25, -0.2) is 24.3 Å². The van der Waals surface area contributed by atoms with E-state index in [-0.39, 0.29) is 11.7 Å². The van der Waals surface area contributed by atoms with Gasteiger partial charge in [-0.1, -0.05) is 0 Å². The third-order valence-corrected chi connectivity index (χ3v) is 4.93. The topological polar surface area (TPSA) is 62.5 Å². The molecule has 0 spiro atoms. The maximum Gasteiger partial charge on any atom is 0.187 e. The third-order valence-electron chi connectivity index (χ3n) is 4.93. The molecule has 0 unspecified atom stereocenters. The molecule has 3 aromatic rings. The maximum absolute atomic E-state index is 14.7. The van der Waals surface area contributed by atoms with Crippen LogP contribution < -0.4 is 9.80 Å². The van der Waals surface area contributed by atoms with Gasteiger partial charge in [0.05, 0.1) is 5.69 Å². The molecule has 1 saturated carbocycles. The van der Waals surface area contributed by atoms with Crippen LogP contribution in [0.3, 0.4) is 0 Å². The van der Waals surface area contributed by atoms with E-state index < -0.39 is 0 Å². The largest absolute Gasteiger partial charge is 0.351 e. The number of aromatic nitrogens is 5. The number of rotatable bonds is 3. The first-order valence-corrected chi connectivity index (χ1v) is 8.59. The SMILES string of the molecule is Fc1c(C2CC2)ncnc1N1CCN(c2nccn3ccnc23)CC1. The van der Waals surface area contributed by atoms with Gasteiger partial charge in [0.25, 0.3) is 0 Å². The average Bonchev–Trinajstić information content (AvgIpc) is 3.38. The van der Waals surface area contributed by atoms with Crippen molar-refractivity contribution in [3.63, 3.8) is 0 Å². The van der Waals surface area contributed by atoms with E-state index in [4.69, 9.17) is 0 Å². The minimum absolute atomic E-state index is 0.244. The highest BCUT2D eigenvalue weighted by molar-refractivity contribution is 5.64. The first-order chi connectivity index (χ1) is 12.3. The maximum atomic E-state index is 14.7. The first kappa shape index (κ1) is 14.6. The van der Waals surface area contributed by atoms with Gasteiger partial charge in [0.15, 0.2) is 23.1 Å². The van der Waals surface area contributed by atoms with Crippen molar-refractivity contribution in [1.82, 2.24) is 24.3 Å². The molecule has 1 aliphatic heterocycles. The van der Waals surface area contributed by atoms with E-state index in [9.17, 15) is 4.39 Å². The summed E-state index contributed by atoms with van der Waals surface area (Å²) in [6.07, 6.45) is 10.9. The van der Waals surface area contributed by atoms with Gasteiger partial charge in [0.1, 0.15) is 6.33 Å². The van der Waals surface area contributed by atoms with Crippen molar-refractivity contribution < 1.29 is 4.39 Å². The zero-order valence-corrected chi connectivity index (χ0v) is 13.7. The molecule has 2 fully saturated rings. The van der Waals surface area contributed by atoms with Crippen LogP contribution in [0.2, 0.25) is 0 Å². The van der Waals surface area contributed by atoms with Gasteiger partial charge in [0, 0.05) is 56.9 Å². The van der Waals surface area contributed by atoms with Crippen LogP contribution in [-0.4, -0.2) is 50.5 Å². The number of piperazine rings is 1. The lowest BCUT2D eigenvalue weighted by atomic mass is 10.2. The third kappa shape index (κ3) is 2.48. The number of anilines is 2. The Morgan fingerprint density at radius 2 is 1.52 bits per heavy atom. The molecule has 3 aromatic heterocycles. The van der Waals surface area contributed by atoms with Gasteiger partial charge >= 0.3 is 0 Å². The van der Waals surface area contributed by atoms with E-state index in [1.807, 2.05) is 21.7 Å². The highest BCUT2D eigenvalue weighted by Crippen LogP contribution is 2.41. The molecule has 5 rings (SSSR count). The summed E-state index contributed by atoms with van der Waals surface area (Å²) in [6.45, 7) is 2.90. The van der Waals surface area contributed by atoms with Gasteiger partial charge in [-0.15, -0.1) is 0 Å². The summed E-state index contributed by atoms with van der Waals surface area (Å²) in [6, 6.07) is 0. The van der Waals surface area contributed by atoms with Crippen LogP contribution in [0.5, 0.6) is 0 Å². The Hall–Kier alpha value is -2.77. The minimum atomic E-state index is -0.244. The second kappa shape index (κ2) is 5.65. The van der Waals surface area contributed by atoms with Gasteiger partial charge in [-0.3, -0.25) is 0 Å². The Labute approximate surface area is 144 Å². The molecule has 0 bridgehead atoms. The number of hydrogen-bond acceptors (Lipinski definition) is 6. The Kier molecular flexibility index (Phi) is 3.29. The number of halogens is 1. The molecule has 2 aliphatic rings. The minimum Gasteiger partial charge on any atom is -0.351 e. The molecule has 128 valence electrons. The summed E-state index contributed by atoms with van der Waals surface area (Å²) in [4.78, 5) is 21.4. The fourth-order valence-electron chi connectivity index (χ4n) is 3.43. The smallest absolute Gasteiger partial charge is 0.187 e. The first-order valence-electron chi connectivity index (χ1n) is 8.59. The second-order valence-electron chi connectivity index (χ2n) is 6.55. The zero-order chi connectivity index (χ0) is 16.8. The molecule has 0 amide bonds. The van der Waals surface area contributed by atoms with Gasteiger partial charge in [-0.2, -0.15) is 0 Å². The van der Waals surface area contributed by atoms with Crippen LogP contribution in [0.15, 0.2) is 31.1 Å². The van der Waals surface area contributed by atoms with Crippen LogP contribution in [0.1, 0.15) is 24.5 Å². The Bertz CT molecular complexity index is 912. The molecule has 1 aliphatic carbocycles.